The summed E-state index contributed by atoms with van der Waals surface area (Å²) in [5.41, 5.74) is -0.433. The maximum Gasteiger partial charge on any atom is 0.306 e. The molecular weight excluding hydrogens is 160 g/mol. The summed E-state index contributed by atoms with van der Waals surface area (Å²) in [5, 5.41) is 7.96. The molecule has 0 saturated heterocycles. The molecule has 0 bridgehead atoms. The number of hydrogen-bond acceptors (Lipinski definition) is 4. The van der Waals surface area contributed by atoms with Crippen LogP contribution in [0.15, 0.2) is 0 Å². The van der Waals surface area contributed by atoms with Crippen LogP contribution >= 0.6 is 0 Å². The van der Waals surface area contributed by atoms with Crippen LogP contribution < -0.4 is 0 Å². The molecular formula is C8H16O4. The molecule has 0 aliphatic rings. The second kappa shape index (κ2) is 5.11. The van der Waals surface area contributed by atoms with Gasteiger partial charge < -0.3 is 4.74 Å². The summed E-state index contributed by atoms with van der Waals surface area (Å²) in [4.78, 5) is 14.8. The van der Waals surface area contributed by atoms with Crippen molar-refractivity contribution in [3.05, 3.63) is 0 Å². The molecule has 0 rings (SSSR count). The molecule has 0 aliphatic heterocycles. The van der Waals surface area contributed by atoms with Crippen molar-refractivity contribution in [3.63, 3.8) is 0 Å². The summed E-state index contributed by atoms with van der Waals surface area (Å²) >= 11 is 0. The zero-order valence-corrected chi connectivity index (χ0v) is 7.79. The maximum absolute atomic E-state index is 11.0. The molecule has 0 atom stereocenters. The Morgan fingerprint density at radius 3 is 2.42 bits per heavy atom. The Balaban J connectivity index is 3.47. The third-order valence-electron chi connectivity index (χ3n) is 1.04. The molecule has 0 spiro atoms. The summed E-state index contributed by atoms with van der Waals surface area (Å²) in [5.74, 6) is -0.264. The van der Waals surface area contributed by atoms with E-state index in [9.17, 15) is 4.79 Å². The third-order valence-corrected chi connectivity index (χ3v) is 1.04. The Labute approximate surface area is 72.4 Å². The molecule has 0 aliphatic carbocycles. The van der Waals surface area contributed by atoms with Gasteiger partial charge in [-0.15, -0.1) is 0 Å². The monoisotopic (exact) mass is 176 g/mol. The van der Waals surface area contributed by atoms with Crippen LogP contribution in [0.25, 0.3) is 0 Å². The van der Waals surface area contributed by atoms with Crippen LogP contribution in [0, 0.1) is 0 Å². The van der Waals surface area contributed by atoms with Gasteiger partial charge >= 0.3 is 5.97 Å². The molecule has 0 aromatic rings. The van der Waals surface area contributed by atoms with E-state index in [1.54, 1.807) is 0 Å². The van der Waals surface area contributed by atoms with Gasteiger partial charge in [0.15, 0.2) is 0 Å². The van der Waals surface area contributed by atoms with Crippen molar-refractivity contribution >= 4 is 5.97 Å². The minimum atomic E-state index is -0.433. The van der Waals surface area contributed by atoms with Crippen LogP contribution in [0.5, 0.6) is 0 Å². The first-order valence-corrected chi connectivity index (χ1v) is 3.94. The van der Waals surface area contributed by atoms with E-state index < -0.39 is 5.60 Å². The Hall–Kier alpha value is -0.610. The van der Waals surface area contributed by atoms with Crippen LogP contribution in [-0.4, -0.2) is 23.4 Å². The number of carbonyl (C=O) groups is 1. The lowest BCUT2D eigenvalue weighted by atomic mass is 10.2. The van der Waals surface area contributed by atoms with Crippen molar-refractivity contribution < 1.29 is 19.7 Å². The fourth-order valence-corrected chi connectivity index (χ4v) is 0.674. The number of ether oxygens (including phenoxy) is 1. The molecule has 0 heterocycles. The molecule has 0 radical (unpaired) electrons. The predicted molar refractivity (Wildman–Crippen MR) is 43.7 cm³/mol. The van der Waals surface area contributed by atoms with Gasteiger partial charge in [-0.1, -0.05) is 0 Å². The van der Waals surface area contributed by atoms with Crippen molar-refractivity contribution in [2.24, 2.45) is 0 Å². The van der Waals surface area contributed by atoms with Gasteiger partial charge in [0.2, 0.25) is 0 Å². The van der Waals surface area contributed by atoms with E-state index in [-0.39, 0.29) is 19.0 Å². The van der Waals surface area contributed by atoms with Crippen molar-refractivity contribution in [1.82, 2.24) is 0 Å². The highest BCUT2D eigenvalue weighted by molar-refractivity contribution is 5.69. The number of rotatable bonds is 4. The van der Waals surface area contributed by atoms with Gasteiger partial charge in [0, 0.05) is 6.42 Å². The molecule has 0 saturated carbocycles. The molecule has 0 aromatic carbocycles. The molecule has 0 unspecified atom stereocenters. The zero-order chi connectivity index (χ0) is 9.61. The summed E-state index contributed by atoms with van der Waals surface area (Å²) in [6.45, 7) is 5.60. The average Bonchev–Trinajstić information content (AvgIpc) is 1.84. The summed E-state index contributed by atoms with van der Waals surface area (Å²) < 4.78 is 5.01. The zero-order valence-electron chi connectivity index (χ0n) is 7.79. The average molecular weight is 176 g/mol. The van der Waals surface area contributed by atoms with E-state index in [1.165, 1.54) is 0 Å². The Morgan fingerprint density at radius 1 is 1.42 bits per heavy atom. The Morgan fingerprint density at radius 2 is 2.00 bits per heavy atom. The van der Waals surface area contributed by atoms with Crippen molar-refractivity contribution in [2.45, 2.75) is 39.2 Å². The van der Waals surface area contributed by atoms with E-state index in [0.717, 1.165) is 0 Å². The lowest BCUT2D eigenvalue weighted by Crippen LogP contribution is -2.23. The van der Waals surface area contributed by atoms with Crippen LogP contribution in [0.1, 0.15) is 33.6 Å². The van der Waals surface area contributed by atoms with Crippen LogP contribution in [0.4, 0.5) is 0 Å². The topological polar surface area (TPSA) is 55.8 Å². The molecule has 0 amide bonds. The molecule has 0 aromatic heterocycles. The van der Waals surface area contributed by atoms with Gasteiger partial charge in [-0.05, 0) is 27.2 Å². The first-order valence-electron chi connectivity index (χ1n) is 3.94. The van der Waals surface area contributed by atoms with Crippen LogP contribution in [0.3, 0.4) is 0 Å². The van der Waals surface area contributed by atoms with Crippen LogP contribution in [-0.2, 0) is 14.4 Å². The molecule has 72 valence electrons. The Bertz CT molecular complexity index is 136. The number of esters is 1. The normalized spacial score (nSPS) is 11.3. The van der Waals surface area contributed by atoms with E-state index in [4.69, 9.17) is 9.99 Å². The van der Waals surface area contributed by atoms with Crippen molar-refractivity contribution in [3.8, 4) is 0 Å². The number of carbonyl (C=O) groups excluding carboxylic acids is 1. The highest BCUT2D eigenvalue weighted by atomic mass is 17.1. The SMILES string of the molecule is CC(C)(C)OC(=O)CCCOO. The highest BCUT2D eigenvalue weighted by Crippen LogP contribution is 2.08. The van der Waals surface area contributed by atoms with Crippen molar-refractivity contribution in [1.29, 1.82) is 0 Å². The fraction of sp³-hybridized carbons (Fsp3) is 0.875. The smallest absolute Gasteiger partial charge is 0.306 e. The standard InChI is InChI=1S/C8H16O4/c1-8(2,3)12-7(9)5-4-6-11-10/h10H,4-6H2,1-3H3. The fourth-order valence-electron chi connectivity index (χ4n) is 0.674. The minimum absolute atomic E-state index is 0.166. The van der Waals surface area contributed by atoms with Gasteiger partial charge in [0.05, 0.1) is 6.61 Å². The van der Waals surface area contributed by atoms with Gasteiger partial charge in [-0.3, -0.25) is 10.1 Å². The first-order chi connectivity index (χ1) is 5.45. The molecule has 4 heteroatoms. The lowest BCUT2D eigenvalue weighted by Gasteiger charge is -2.19. The number of hydrogen-bond donors (Lipinski definition) is 1. The summed E-state index contributed by atoms with van der Waals surface area (Å²) in [6, 6.07) is 0. The Kier molecular flexibility index (Phi) is 4.85. The molecule has 4 nitrogen and oxygen atoms in total. The predicted octanol–water partition coefficient (Wildman–Crippen LogP) is 1.60. The lowest BCUT2D eigenvalue weighted by molar-refractivity contribution is -0.243. The van der Waals surface area contributed by atoms with Gasteiger partial charge in [0.1, 0.15) is 5.60 Å². The second-order valence-corrected chi connectivity index (χ2v) is 3.52. The van der Waals surface area contributed by atoms with Gasteiger partial charge in [-0.2, -0.15) is 0 Å². The third kappa shape index (κ3) is 7.50. The first kappa shape index (κ1) is 11.4. The minimum Gasteiger partial charge on any atom is -0.460 e. The van der Waals surface area contributed by atoms with E-state index in [2.05, 4.69) is 4.89 Å². The van der Waals surface area contributed by atoms with Crippen molar-refractivity contribution in [2.75, 3.05) is 6.61 Å². The van der Waals surface area contributed by atoms with E-state index >= 15 is 0 Å². The summed E-state index contributed by atoms with van der Waals surface area (Å²) in [6.07, 6.45) is 0.753. The maximum atomic E-state index is 11.0. The largest absolute Gasteiger partial charge is 0.460 e. The summed E-state index contributed by atoms with van der Waals surface area (Å²) in [7, 11) is 0. The van der Waals surface area contributed by atoms with Gasteiger partial charge in [0.25, 0.3) is 0 Å². The molecule has 1 N–H and O–H groups in total. The molecule has 0 fully saturated rings. The van der Waals surface area contributed by atoms with E-state index in [0.29, 0.717) is 6.42 Å². The van der Waals surface area contributed by atoms with Crippen LogP contribution in [0.2, 0.25) is 0 Å². The van der Waals surface area contributed by atoms with Gasteiger partial charge in [-0.25, -0.2) is 4.89 Å². The molecule has 12 heavy (non-hydrogen) atoms. The quantitative estimate of drug-likeness (QED) is 0.306. The van der Waals surface area contributed by atoms with E-state index in [1.807, 2.05) is 20.8 Å². The second-order valence-electron chi connectivity index (χ2n) is 3.52. The highest BCUT2D eigenvalue weighted by Gasteiger charge is 2.15.